The SMILES string of the molecule is CCNC(=NCCCOCc1ccco1)NCCc1csc(CC)n1.I. The van der Waals surface area contributed by atoms with Gasteiger partial charge in [-0.25, -0.2) is 4.98 Å². The maximum absolute atomic E-state index is 5.56. The van der Waals surface area contributed by atoms with Gasteiger partial charge in [-0.15, -0.1) is 35.3 Å². The molecule has 0 aliphatic rings. The Labute approximate surface area is 176 Å². The molecule has 26 heavy (non-hydrogen) atoms. The van der Waals surface area contributed by atoms with Crippen LogP contribution >= 0.6 is 35.3 Å². The number of nitrogens with one attached hydrogen (secondary N) is 2. The molecule has 2 N–H and O–H groups in total. The van der Waals surface area contributed by atoms with Crippen molar-refractivity contribution in [2.45, 2.75) is 39.7 Å². The summed E-state index contributed by atoms with van der Waals surface area (Å²) in [7, 11) is 0. The number of rotatable bonds is 11. The van der Waals surface area contributed by atoms with Gasteiger partial charge in [0.05, 0.1) is 17.0 Å². The van der Waals surface area contributed by atoms with Crippen LogP contribution in [-0.4, -0.2) is 37.2 Å². The van der Waals surface area contributed by atoms with E-state index in [0.717, 1.165) is 56.3 Å². The molecule has 2 aromatic heterocycles. The van der Waals surface area contributed by atoms with Crippen LogP contribution < -0.4 is 10.6 Å². The van der Waals surface area contributed by atoms with E-state index in [-0.39, 0.29) is 24.0 Å². The van der Waals surface area contributed by atoms with Crippen LogP contribution in [0.5, 0.6) is 0 Å². The number of hydrogen-bond donors (Lipinski definition) is 2. The number of ether oxygens (including phenoxy) is 1. The fourth-order valence-electron chi connectivity index (χ4n) is 2.20. The molecule has 0 aromatic carbocycles. The number of thiazole rings is 1. The third kappa shape index (κ3) is 9.00. The molecule has 0 bridgehead atoms. The summed E-state index contributed by atoms with van der Waals surface area (Å²) in [6.07, 6.45) is 4.45. The highest BCUT2D eigenvalue weighted by molar-refractivity contribution is 14.0. The molecule has 0 aliphatic heterocycles. The Morgan fingerprint density at radius 2 is 2.23 bits per heavy atom. The van der Waals surface area contributed by atoms with Gasteiger partial charge in [-0.3, -0.25) is 4.99 Å². The van der Waals surface area contributed by atoms with Crippen LogP contribution in [0, 0.1) is 0 Å². The lowest BCUT2D eigenvalue weighted by Gasteiger charge is -2.10. The van der Waals surface area contributed by atoms with Gasteiger partial charge >= 0.3 is 0 Å². The fourth-order valence-corrected chi connectivity index (χ4v) is 2.98. The van der Waals surface area contributed by atoms with Gasteiger partial charge in [-0.05, 0) is 31.9 Å². The maximum Gasteiger partial charge on any atom is 0.191 e. The molecule has 2 heterocycles. The molecule has 8 heteroatoms. The van der Waals surface area contributed by atoms with Gasteiger partial charge in [0, 0.05) is 38.0 Å². The van der Waals surface area contributed by atoms with Crippen molar-refractivity contribution in [1.29, 1.82) is 0 Å². The molecule has 0 amide bonds. The standard InChI is InChI=1S/C18H28N4O2S.HI/c1-3-17-22-15(14-25-17)8-10-21-18(19-4-2)20-9-6-11-23-13-16-7-5-12-24-16;/h5,7,12,14H,3-4,6,8-11,13H2,1-2H3,(H2,19,20,21);1H. The first-order valence-electron chi connectivity index (χ1n) is 8.87. The van der Waals surface area contributed by atoms with Gasteiger partial charge in [-0.1, -0.05) is 6.92 Å². The smallest absolute Gasteiger partial charge is 0.191 e. The first-order valence-corrected chi connectivity index (χ1v) is 9.75. The van der Waals surface area contributed by atoms with Gasteiger partial charge < -0.3 is 19.8 Å². The molecule has 2 rings (SSSR count). The van der Waals surface area contributed by atoms with Crippen LogP contribution in [0.4, 0.5) is 0 Å². The summed E-state index contributed by atoms with van der Waals surface area (Å²) in [4.78, 5) is 9.16. The Kier molecular flexibility index (Phi) is 12.3. The highest BCUT2D eigenvalue weighted by Crippen LogP contribution is 2.10. The van der Waals surface area contributed by atoms with E-state index >= 15 is 0 Å². The van der Waals surface area contributed by atoms with Crippen molar-refractivity contribution in [3.05, 3.63) is 40.2 Å². The Hall–Kier alpha value is -1.13. The number of guanidine groups is 1. The topological polar surface area (TPSA) is 71.7 Å². The molecule has 0 aliphatic carbocycles. The summed E-state index contributed by atoms with van der Waals surface area (Å²) in [6, 6.07) is 3.78. The Bertz CT molecular complexity index is 616. The minimum atomic E-state index is 0. The number of nitrogens with zero attached hydrogens (tertiary/aromatic N) is 2. The van der Waals surface area contributed by atoms with Crippen molar-refractivity contribution in [1.82, 2.24) is 15.6 Å². The number of hydrogen-bond acceptors (Lipinski definition) is 5. The second-order valence-electron chi connectivity index (χ2n) is 5.51. The molecular formula is C18H29IN4O2S. The summed E-state index contributed by atoms with van der Waals surface area (Å²) in [5.41, 5.74) is 1.15. The molecule has 146 valence electrons. The Morgan fingerprint density at radius 1 is 1.35 bits per heavy atom. The Balaban J connectivity index is 0.00000338. The quantitative estimate of drug-likeness (QED) is 0.217. The molecule has 0 saturated carbocycles. The summed E-state index contributed by atoms with van der Waals surface area (Å²) >= 11 is 1.73. The summed E-state index contributed by atoms with van der Waals surface area (Å²) in [6.45, 7) is 7.78. The normalized spacial score (nSPS) is 11.2. The third-order valence-corrected chi connectivity index (χ3v) is 4.50. The summed E-state index contributed by atoms with van der Waals surface area (Å²) < 4.78 is 10.8. The van der Waals surface area contributed by atoms with Crippen LogP contribution in [0.1, 0.15) is 36.7 Å². The number of aromatic nitrogens is 1. The van der Waals surface area contributed by atoms with E-state index in [2.05, 4.69) is 39.8 Å². The molecule has 0 saturated heterocycles. The van der Waals surface area contributed by atoms with Crippen molar-refractivity contribution in [2.75, 3.05) is 26.2 Å². The van der Waals surface area contributed by atoms with Crippen molar-refractivity contribution < 1.29 is 9.15 Å². The lowest BCUT2D eigenvalue weighted by molar-refractivity contribution is 0.105. The zero-order chi connectivity index (χ0) is 17.7. The zero-order valence-corrected chi connectivity index (χ0v) is 18.6. The number of furan rings is 1. The minimum absolute atomic E-state index is 0. The van der Waals surface area contributed by atoms with Crippen LogP contribution in [0.25, 0.3) is 0 Å². The predicted octanol–water partition coefficient (Wildman–Crippen LogP) is 3.62. The molecule has 6 nitrogen and oxygen atoms in total. The maximum atomic E-state index is 5.56. The highest BCUT2D eigenvalue weighted by Gasteiger charge is 2.02. The zero-order valence-electron chi connectivity index (χ0n) is 15.5. The minimum Gasteiger partial charge on any atom is -0.467 e. The van der Waals surface area contributed by atoms with Crippen LogP contribution in [0.2, 0.25) is 0 Å². The molecular weight excluding hydrogens is 463 g/mol. The van der Waals surface area contributed by atoms with Crippen LogP contribution in [0.15, 0.2) is 33.2 Å². The van der Waals surface area contributed by atoms with Crippen LogP contribution in [0.3, 0.4) is 0 Å². The molecule has 0 atom stereocenters. The first kappa shape index (κ1) is 22.9. The third-order valence-electron chi connectivity index (χ3n) is 3.46. The number of aliphatic imine (C=N–C) groups is 1. The molecule has 0 radical (unpaired) electrons. The van der Waals surface area contributed by atoms with E-state index in [1.807, 2.05) is 12.1 Å². The van der Waals surface area contributed by atoms with Gasteiger partial charge in [-0.2, -0.15) is 0 Å². The van der Waals surface area contributed by atoms with E-state index in [0.29, 0.717) is 13.2 Å². The van der Waals surface area contributed by atoms with Crippen molar-refractivity contribution in [3.8, 4) is 0 Å². The van der Waals surface area contributed by atoms with Crippen molar-refractivity contribution in [2.24, 2.45) is 4.99 Å². The first-order chi connectivity index (χ1) is 12.3. The molecule has 0 unspecified atom stereocenters. The molecule has 0 fully saturated rings. The lowest BCUT2D eigenvalue weighted by Crippen LogP contribution is -2.38. The van der Waals surface area contributed by atoms with E-state index in [9.17, 15) is 0 Å². The van der Waals surface area contributed by atoms with E-state index in [4.69, 9.17) is 9.15 Å². The molecule has 0 spiro atoms. The monoisotopic (exact) mass is 492 g/mol. The second kappa shape index (κ2) is 14.0. The van der Waals surface area contributed by atoms with E-state index < -0.39 is 0 Å². The van der Waals surface area contributed by atoms with E-state index in [1.165, 1.54) is 5.01 Å². The van der Waals surface area contributed by atoms with E-state index in [1.54, 1.807) is 17.6 Å². The van der Waals surface area contributed by atoms with Gasteiger partial charge in [0.25, 0.3) is 0 Å². The second-order valence-corrected chi connectivity index (χ2v) is 6.45. The summed E-state index contributed by atoms with van der Waals surface area (Å²) in [5, 5.41) is 9.96. The van der Waals surface area contributed by atoms with Gasteiger partial charge in [0.15, 0.2) is 5.96 Å². The van der Waals surface area contributed by atoms with Crippen LogP contribution in [-0.2, 0) is 24.2 Å². The molecule has 2 aromatic rings. The average molecular weight is 492 g/mol. The van der Waals surface area contributed by atoms with Gasteiger partial charge in [0.2, 0.25) is 0 Å². The lowest BCUT2D eigenvalue weighted by atomic mass is 10.3. The fraction of sp³-hybridized carbons (Fsp3) is 0.556. The largest absolute Gasteiger partial charge is 0.467 e. The van der Waals surface area contributed by atoms with Crippen molar-refractivity contribution >= 4 is 41.3 Å². The van der Waals surface area contributed by atoms with Crippen molar-refractivity contribution in [3.63, 3.8) is 0 Å². The average Bonchev–Trinajstić information content (AvgIpc) is 3.29. The number of aryl methyl sites for hydroxylation is 1. The predicted molar refractivity (Wildman–Crippen MR) is 118 cm³/mol. The Morgan fingerprint density at radius 3 is 2.92 bits per heavy atom. The highest BCUT2D eigenvalue weighted by atomic mass is 127. The summed E-state index contributed by atoms with van der Waals surface area (Å²) in [5.74, 6) is 1.70. The number of halogens is 1. The van der Waals surface area contributed by atoms with Gasteiger partial charge in [0.1, 0.15) is 12.4 Å².